The quantitative estimate of drug-likeness (QED) is 0.653. The minimum Gasteiger partial charge on any atom is -0.480 e. The normalized spacial score (nSPS) is 11.8. The van der Waals surface area contributed by atoms with Crippen molar-refractivity contribution in [2.45, 2.75) is 32.8 Å². The molecule has 0 saturated heterocycles. The molecule has 1 aromatic heterocycles. The highest BCUT2D eigenvalue weighted by atomic mass is 16.6. The van der Waals surface area contributed by atoms with E-state index in [2.05, 4.69) is 5.10 Å². The van der Waals surface area contributed by atoms with Crippen LogP contribution in [0.5, 0.6) is 0 Å². The van der Waals surface area contributed by atoms with Crippen LogP contribution in [0.25, 0.3) is 0 Å². The second-order valence-electron chi connectivity index (χ2n) is 5.77. The summed E-state index contributed by atoms with van der Waals surface area (Å²) in [4.78, 5) is 45.2. The van der Waals surface area contributed by atoms with Crippen LogP contribution in [0.3, 0.4) is 0 Å². The smallest absolute Gasteiger partial charge is 0.435 e. The van der Waals surface area contributed by atoms with Gasteiger partial charge < -0.3 is 20.1 Å². The molecule has 126 valence electrons. The zero-order valence-electron chi connectivity index (χ0n) is 12.6. The van der Waals surface area contributed by atoms with E-state index in [4.69, 9.17) is 20.1 Å². The van der Waals surface area contributed by atoms with E-state index < -0.39 is 41.4 Å². The molecule has 0 radical (unpaired) electrons. The molecule has 23 heavy (non-hydrogen) atoms. The Hall–Kier alpha value is -2.91. The van der Waals surface area contributed by atoms with Crippen molar-refractivity contribution in [1.82, 2.24) is 9.78 Å². The number of hydrogen-bond acceptors (Lipinski definition) is 6. The summed E-state index contributed by atoms with van der Waals surface area (Å²) in [5, 5.41) is 30.7. The predicted molar refractivity (Wildman–Crippen MR) is 72.9 cm³/mol. The maximum Gasteiger partial charge on any atom is 0.435 e. The number of hydrogen-bond donors (Lipinski definition) is 3. The summed E-state index contributed by atoms with van der Waals surface area (Å²) in [7, 11) is 0. The highest BCUT2D eigenvalue weighted by Gasteiger charge is 2.54. The number of aromatic nitrogens is 2. The van der Waals surface area contributed by atoms with Crippen molar-refractivity contribution in [1.29, 1.82) is 0 Å². The van der Waals surface area contributed by atoms with Gasteiger partial charge >= 0.3 is 24.0 Å². The van der Waals surface area contributed by atoms with Crippen LogP contribution in [0.2, 0.25) is 0 Å². The SMILES string of the molecule is CC(C)(C)OC(=O)n1cc(CC(C(=O)O)(C(=O)O)C(=O)O)cn1. The molecular weight excluding hydrogens is 312 g/mol. The summed E-state index contributed by atoms with van der Waals surface area (Å²) in [5.74, 6) is -6.08. The third kappa shape index (κ3) is 3.84. The maximum atomic E-state index is 11.8. The second kappa shape index (κ2) is 6.07. The van der Waals surface area contributed by atoms with Crippen LogP contribution in [0.15, 0.2) is 12.4 Å². The molecule has 0 atom stereocenters. The fourth-order valence-corrected chi connectivity index (χ4v) is 1.67. The number of carboxylic acid groups (broad SMARTS) is 3. The summed E-state index contributed by atoms with van der Waals surface area (Å²) in [6.07, 6.45) is 0.288. The standard InChI is InChI=1S/C13H16N2O8/c1-12(2,3)23-11(22)15-6-7(5-14-15)4-13(8(16)17,9(18)19)10(20)21/h5-6H,4H2,1-3H3,(H,16,17)(H,18,19)(H,20,21). The number of rotatable bonds is 5. The molecule has 0 fully saturated rings. The van der Waals surface area contributed by atoms with Gasteiger partial charge in [-0.25, -0.2) is 4.79 Å². The van der Waals surface area contributed by atoms with Gasteiger partial charge in [0.15, 0.2) is 0 Å². The first-order valence-corrected chi connectivity index (χ1v) is 6.37. The van der Waals surface area contributed by atoms with E-state index in [-0.39, 0.29) is 5.56 Å². The van der Waals surface area contributed by atoms with Crippen LogP contribution < -0.4 is 0 Å². The van der Waals surface area contributed by atoms with Gasteiger partial charge in [0.1, 0.15) is 5.60 Å². The Balaban J connectivity index is 3.10. The Kier molecular flexibility index (Phi) is 4.78. The molecule has 0 bridgehead atoms. The Morgan fingerprint density at radius 3 is 1.96 bits per heavy atom. The Morgan fingerprint density at radius 1 is 1.09 bits per heavy atom. The molecule has 0 aliphatic rings. The highest BCUT2D eigenvalue weighted by molar-refractivity contribution is 6.16. The minimum absolute atomic E-state index is 0.0527. The van der Waals surface area contributed by atoms with E-state index in [0.29, 0.717) is 0 Å². The molecule has 10 nitrogen and oxygen atoms in total. The van der Waals surface area contributed by atoms with E-state index >= 15 is 0 Å². The van der Waals surface area contributed by atoms with Crippen LogP contribution in [0.1, 0.15) is 26.3 Å². The lowest BCUT2D eigenvalue weighted by Gasteiger charge is -2.19. The van der Waals surface area contributed by atoms with Gasteiger partial charge in [-0.15, -0.1) is 0 Å². The minimum atomic E-state index is -3.07. The summed E-state index contributed by atoms with van der Waals surface area (Å²) in [5.41, 5.74) is -3.92. The van der Waals surface area contributed by atoms with Crippen molar-refractivity contribution in [2.24, 2.45) is 5.41 Å². The van der Waals surface area contributed by atoms with Gasteiger partial charge in [0, 0.05) is 12.6 Å². The average molecular weight is 328 g/mol. The molecule has 0 aliphatic heterocycles. The summed E-state index contributed by atoms with van der Waals surface area (Å²) < 4.78 is 5.76. The molecule has 1 heterocycles. The molecule has 0 aromatic carbocycles. The van der Waals surface area contributed by atoms with Crippen molar-refractivity contribution in [3.05, 3.63) is 18.0 Å². The Morgan fingerprint density at radius 2 is 1.57 bits per heavy atom. The number of carbonyl (C=O) groups is 4. The topological polar surface area (TPSA) is 156 Å². The van der Waals surface area contributed by atoms with Crippen LogP contribution in [0, 0.1) is 5.41 Å². The number of carboxylic acids is 3. The molecule has 10 heteroatoms. The largest absolute Gasteiger partial charge is 0.480 e. The van der Waals surface area contributed by atoms with Crippen LogP contribution in [0.4, 0.5) is 4.79 Å². The van der Waals surface area contributed by atoms with E-state index in [1.165, 1.54) is 0 Å². The number of nitrogens with zero attached hydrogens (tertiary/aromatic N) is 2. The zero-order valence-corrected chi connectivity index (χ0v) is 12.6. The zero-order chi connectivity index (χ0) is 18.0. The van der Waals surface area contributed by atoms with E-state index in [1.807, 2.05) is 0 Å². The van der Waals surface area contributed by atoms with Crippen LogP contribution in [-0.2, 0) is 25.5 Å². The molecule has 3 N–H and O–H groups in total. The maximum absolute atomic E-state index is 11.8. The van der Waals surface area contributed by atoms with Gasteiger partial charge in [0.05, 0.1) is 6.20 Å². The van der Waals surface area contributed by atoms with E-state index in [0.717, 1.165) is 17.1 Å². The summed E-state index contributed by atoms with van der Waals surface area (Å²) in [6.45, 7) is 4.87. The van der Waals surface area contributed by atoms with Crippen LogP contribution >= 0.6 is 0 Å². The van der Waals surface area contributed by atoms with E-state index in [1.54, 1.807) is 20.8 Å². The fraction of sp³-hybridized carbons (Fsp3) is 0.462. The van der Waals surface area contributed by atoms with Crippen molar-refractivity contribution < 1.29 is 39.2 Å². The third-order valence-electron chi connectivity index (χ3n) is 2.78. The van der Waals surface area contributed by atoms with Gasteiger partial charge in [0.2, 0.25) is 0 Å². The van der Waals surface area contributed by atoms with Crippen molar-refractivity contribution in [3.8, 4) is 0 Å². The second-order valence-corrected chi connectivity index (χ2v) is 5.77. The van der Waals surface area contributed by atoms with Crippen molar-refractivity contribution >= 4 is 24.0 Å². The van der Waals surface area contributed by atoms with Gasteiger partial charge in [-0.05, 0) is 26.3 Å². The summed E-state index contributed by atoms with van der Waals surface area (Å²) >= 11 is 0. The Labute approximate surface area is 130 Å². The van der Waals surface area contributed by atoms with E-state index in [9.17, 15) is 19.2 Å². The van der Waals surface area contributed by atoms with Gasteiger partial charge in [0.25, 0.3) is 5.41 Å². The Bertz CT molecular complexity index is 619. The molecule has 1 aromatic rings. The van der Waals surface area contributed by atoms with Gasteiger partial charge in [-0.3, -0.25) is 14.4 Å². The molecule has 1 rings (SSSR count). The number of carbonyl (C=O) groups excluding carboxylic acids is 1. The van der Waals surface area contributed by atoms with Gasteiger partial charge in [-0.2, -0.15) is 9.78 Å². The third-order valence-corrected chi connectivity index (χ3v) is 2.78. The average Bonchev–Trinajstić information content (AvgIpc) is 2.80. The first kappa shape index (κ1) is 18.1. The van der Waals surface area contributed by atoms with Crippen molar-refractivity contribution in [2.75, 3.05) is 0 Å². The lowest BCUT2D eigenvalue weighted by Crippen LogP contribution is -2.48. The summed E-state index contributed by atoms with van der Waals surface area (Å²) in [6, 6.07) is 0. The molecule has 0 saturated carbocycles. The molecule has 0 aliphatic carbocycles. The molecule has 0 spiro atoms. The van der Waals surface area contributed by atoms with Crippen molar-refractivity contribution in [3.63, 3.8) is 0 Å². The number of aliphatic carboxylic acids is 3. The lowest BCUT2D eigenvalue weighted by atomic mass is 9.82. The lowest BCUT2D eigenvalue weighted by molar-refractivity contribution is -0.175. The fourth-order valence-electron chi connectivity index (χ4n) is 1.67. The first-order chi connectivity index (χ1) is 10.4. The predicted octanol–water partition coefficient (Wildman–Crippen LogP) is 0.449. The van der Waals surface area contributed by atoms with Gasteiger partial charge in [-0.1, -0.05) is 0 Å². The van der Waals surface area contributed by atoms with Crippen LogP contribution in [-0.4, -0.2) is 54.7 Å². The highest BCUT2D eigenvalue weighted by Crippen LogP contribution is 2.25. The monoisotopic (exact) mass is 328 g/mol. The molecule has 0 amide bonds. The first-order valence-electron chi connectivity index (χ1n) is 6.37. The molecule has 0 unspecified atom stereocenters. The number of ether oxygens (including phenoxy) is 1. The molecular formula is C13H16N2O8.